The second-order valence-corrected chi connectivity index (χ2v) is 8.35. The van der Waals surface area contributed by atoms with Crippen molar-refractivity contribution in [1.82, 2.24) is 14.5 Å². The van der Waals surface area contributed by atoms with E-state index in [0.29, 0.717) is 19.0 Å². The largest absolute Gasteiger partial charge is 0.331 e. The summed E-state index contributed by atoms with van der Waals surface area (Å²) in [5.74, 6) is 1.35. The molecule has 0 saturated carbocycles. The molecule has 0 fully saturated rings. The van der Waals surface area contributed by atoms with Crippen molar-refractivity contribution in [2.45, 2.75) is 47.7 Å². The van der Waals surface area contributed by atoms with Crippen LogP contribution < -0.4 is 0 Å². The summed E-state index contributed by atoms with van der Waals surface area (Å²) in [7, 11) is 0. The first-order chi connectivity index (χ1) is 13.8. The van der Waals surface area contributed by atoms with Crippen LogP contribution in [-0.4, -0.2) is 26.9 Å². The fourth-order valence-electron chi connectivity index (χ4n) is 3.50. The molecule has 1 amide bonds. The van der Waals surface area contributed by atoms with Crippen LogP contribution >= 0.6 is 0 Å². The molecule has 0 aliphatic heterocycles. The van der Waals surface area contributed by atoms with Crippen molar-refractivity contribution in [3.8, 4) is 0 Å². The Balaban J connectivity index is 1.83. The third-order valence-electron chi connectivity index (χ3n) is 5.15. The molecule has 3 aromatic rings. The zero-order chi connectivity index (χ0) is 21.0. The highest BCUT2D eigenvalue weighted by atomic mass is 16.2. The lowest BCUT2D eigenvalue weighted by atomic mass is 10.1. The summed E-state index contributed by atoms with van der Waals surface area (Å²) < 4.78 is 2.15. The van der Waals surface area contributed by atoms with Crippen molar-refractivity contribution in [3.05, 3.63) is 88.5 Å². The monoisotopic (exact) mass is 389 g/mol. The van der Waals surface area contributed by atoms with Crippen LogP contribution in [0.25, 0.3) is 0 Å². The lowest BCUT2D eigenvalue weighted by molar-refractivity contribution is 0.0716. The average Bonchev–Trinajstić information content (AvgIpc) is 3.10. The first-order valence-electron chi connectivity index (χ1n) is 10.3. The quantitative estimate of drug-likeness (QED) is 0.560. The van der Waals surface area contributed by atoms with Crippen molar-refractivity contribution < 1.29 is 4.79 Å². The zero-order valence-electron chi connectivity index (χ0n) is 18.1. The normalized spacial score (nSPS) is 11.1. The molecule has 0 atom stereocenters. The topological polar surface area (TPSA) is 38.1 Å². The summed E-state index contributed by atoms with van der Waals surface area (Å²) in [4.78, 5) is 19.7. The van der Waals surface area contributed by atoms with Crippen LogP contribution in [0, 0.1) is 26.7 Å². The van der Waals surface area contributed by atoms with Crippen LogP contribution in [0.1, 0.15) is 52.3 Å². The molecule has 1 heterocycles. The molecule has 1 aromatic heterocycles. The van der Waals surface area contributed by atoms with Gasteiger partial charge < -0.3 is 9.47 Å². The molecular weight excluding hydrogens is 358 g/mol. The van der Waals surface area contributed by atoms with Crippen LogP contribution in [0.3, 0.4) is 0 Å². The van der Waals surface area contributed by atoms with Gasteiger partial charge in [0.1, 0.15) is 5.82 Å². The molecule has 0 radical (unpaired) electrons. The smallest absolute Gasteiger partial charge is 0.254 e. The van der Waals surface area contributed by atoms with Crippen molar-refractivity contribution >= 4 is 5.91 Å². The van der Waals surface area contributed by atoms with Gasteiger partial charge in [-0.1, -0.05) is 55.3 Å². The highest BCUT2D eigenvalue weighted by Gasteiger charge is 2.19. The third-order valence-corrected chi connectivity index (χ3v) is 5.15. The maximum Gasteiger partial charge on any atom is 0.254 e. The second kappa shape index (κ2) is 9.08. The second-order valence-electron chi connectivity index (χ2n) is 8.35. The van der Waals surface area contributed by atoms with E-state index in [0.717, 1.165) is 23.5 Å². The van der Waals surface area contributed by atoms with Gasteiger partial charge in [-0.25, -0.2) is 4.98 Å². The predicted molar refractivity (Wildman–Crippen MR) is 118 cm³/mol. The van der Waals surface area contributed by atoms with Gasteiger partial charge in [0.25, 0.3) is 5.91 Å². The molecule has 4 nitrogen and oxygen atoms in total. The molecule has 0 spiro atoms. The molecule has 2 aromatic carbocycles. The van der Waals surface area contributed by atoms with Gasteiger partial charge in [-0.2, -0.15) is 0 Å². The summed E-state index contributed by atoms with van der Waals surface area (Å²) in [6.07, 6.45) is 3.82. The minimum Gasteiger partial charge on any atom is -0.331 e. The number of nitrogens with zero attached hydrogens (tertiary/aromatic N) is 3. The van der Waals surface area contributed by atoms with Crippen molar-refractivity contribution in [3.63, 3.8) is 0 Å². The van der Waals surface area contributed by atoms with Gasteiger partial charge in [-0.05, 0) is 49.9 Å². The Bertz CT molecular complexity index is 970. The Kier molecular flexibility index (Phi) is 6.53. The van der Waals surface area contributed by atoms with Crippen LogP contribution in [0.15, 0.2) is 54.9 Å². The molecule has 3 rings (SSSR count). The summed E-state index contributed by atoms with van der Waals surface area (Å²) >= 11 is 0. The van der Waals surface area contributed by atoms with Gasteiger partial charge in [0, 0.05) is 31.0 Å². The third kappa shape index (κ3) is 5.35. The number of benzene rings is 2. The Morgan fingerprint density at radius 3 is 2.41 bits per heavy atom. The van der Waals surface area contributed by atoms with Gasteiger partial charge in [-0.3, -0.25) is 4.79 Å². The molecule has 0 aliphatic rings. The molecule has 0 saturated heterocycles. The van der Waals surface area contributed by atoms with E-state index in [4.69, 9.17) is 0 Å². The number of hydrogen-bond donors (Lipinski definition) is 0. The molecule has 152 valence electrons. The number of aryl methyl sites for hydroxylation is 3. The fraction of sp³-hybridized carbons (Fsp3) is 0.360. The van der Waals surface area contributed by atoms with Crippen LogP contribution in [0.4, 0.5) is 0 Å². The van der Waals surface area contributed by atoms with E-state index in [1.807, 2.05) is 48.5 Å². The minimum atomic E-state index is 0.0555. The van der Waals surface area contributed by atoms with E-state index in [-0.39, 0.29) is 5.91 Å². The molecular formula is C25H31N3O. The van der Waals surface area contributed by atoms with Crippen LogP contribution in [-0.2, 0) is 13.1 Å². The maximum absolute atomic E-state index is 13.2. The van der Waals surface area contributed by atoms with Gasteiger partial charge >= 0.3 is 0 Å². The highest BCUT2D eigenvalue weighted by Crippen LogP contribution is 2.16. The zero-order valence-corrected chi connectivity index (χ0v) is 18.1. The van der Waals surface area contributed by atoms with Crippen LogP contribution in [0.2, 0.25) is 0 Å². The van der Waals surface area contributed by atoms with Crippen molar-refractivity contribution in [1.29, 1.82) is 0 Å². The Morgan fingerprint density at radius 1 is 1.03 bits per heavy atom. The SMILES string of the molecule is Cc1ccc(C(=O)N(Cc2nccn2Cc2cc(C)ccc2C)CC(C)C)cc1. The highest BCUT2D eigenvalue weighted by molar-refractivity contribution is 5.94. The molecule has 29 heavy (non-hydrogen) atoms. The lowest BCUT2D eigenvalue weighted by Crippen LogP contribution is -2.34. The molecule has 0 bridgehead atoms. The van der Waals surface area contributed by atoms with Gasteiger partial charge in [-0.15, -0.1) is 0 Å². The summed E-state index contributed by atoms with van der Waals surface area (Å²) in [6.45, 7) is 12.5. The number of carbonyl (C=O) groups excluding carboxylic acids is 1. The number of rotatable bonds is 7. The first kappa shape index (κ1) is 20.8. The molecule has 0 aliphatic carbocycles. The van der Waals surface area contributed by atoms with Crippen LogP contribution in [0.5, 0.6) is 0 Å². The van der Waals surface area contributed by atoms with E-state index >= 15 is 0 Å². The number of imidazole rings is 1. The van der Waals surface area contributed by atoms with E-state index in [1.165, 1.54) is 16.7 Å². The van der Waals surface area contributed by atoms with E-state index in [1.54, 1.807) is 0 Å². The van der Waals surface area contributed by atoms with Crippen molar-refractivity contribution in [2.75, 3.05) is 6.54 Å². The standard InChI is InChI=1S/C25H31N3O/c1-18(2)15-28(25(29)22-10-7-19(3)8-11-22)17-24-26-12-13-27(24)16-23-14-20(4)6-9-21(23)5/h6-14,18H,15-17H2,1-5H3. The summed E-state index contributed by atoms with van der Waals surface area (Å²) in [5.41, 5.74) is 5.68. The van der Waals surface area contributed by atoms with Gasteiger partial charge in [0.2, 0.25) is 0 Å². The summed E-state index contributed by atoms with van der Waals surface area (Å²) in [6, 6.07) is 14.3. The number of amides is 1. The van der Waals surface area contributed by atoms with Crippen molar-refractivity contribution in [2.24, 2.45) is 5.92 Å². The van der Waals surface area contributed by atoms with E-state index in [9.17, 15) is 4.79 Å². The number of carbonyl (C=O) groups is 1. The lowest BCUT2D eigenvalue weighted by Gasteiger charge is -2.25. The number of hydrogen-bond acceptors (Lipinski definition) is 2. The molecule has 0 unspecified atom stereocenters. The number of aromatic nitrogens is 2. The summed E-state index contributed by atoms with van der Waals surface area (Å²) in [5, 5.41) is 0. The Hall–Kier alpha value is -2.88. The molecule has 4 heteroatoms. The van der Waals surface area contributed by atoms with E-state index < -0.39 is 0 Å². The van der Waals surface area contributed by atoms with E-state index in [2.05, 4.69) is 55.4 Å². The Labute approximate surface area is 174 Å². The molecule has 0 N–H and O–H groups in total. The fourth-order valence-corrected chi connectivity index (χ4v) is 3.50. The van der Waals surface area contributed by atoms with Gasteiger partial charge in [0.15, 0.2) is 0 Å². The maximum atomic E-state index is 13.2. The Morgan fingerprint density at radius 2 is 1.72 bits per heavy atom. The first-order valence-corrected chi connectivity index (χ1v) is 10.3. The van der Waals surface area contributed by atoms with Gasteiger partial charge in [0.05, 0.1) is 6.54 Å². The average molecular weight is 390 g/mol. The predicted octanol–water partition coefficient (Wildman–Crippen LogP) is 5.16. The minimum absolute atomic E-state index is 0.0555.